The number of esters is 1. The van der Waals surface area contributed by atoms with Crippen molar-refractivity contribution in [2.75, 3.05) is 38.3 Å². The summed E-state index contributed by atoms with van der Waals surface area (Å²) in [7, 11) is 1.58. The van der Waals surface area contributed by atoms with Crippen molar-refractivity contribution in [3.8, 4) is 6.07 Å². The summed E-state index contributed by atoms with van der Waals surface area (Å²) in [5.41, 5.74) is 1.06. The molecule has 0 unspecified atom stereocenters. The molecule has 0 atom stereocenters. The lowest BCUT2D eigenvalue weighted by Crippen LogP contribution is -2.34. The van der Waals surface area contributed by atoms with Gasteiger partial charge in [-0.15, -0.1) is 0 Å². The van der Waals surface area contributed by atoms with Crippen LogP contribution in [0.25, 0.3) is 0 Å². The maximum absolute atomic E-state index is 11.7. The molecule has 0 amide bonds. The zero-order valence-electron chi connectivity index (χ0n) is 11.6. The van der Waals surface area contributed by atoms with Crippen LogP contribution in [0.4, 0.5) is 5.69 Å². The Morgan fingerprint density at radius 2 is 2.25 bits per heavy atom. The van der Waals surface area contributed by atoms with Gasteiger partial charge >= 0.3 is 5.97 Å². The van der Waals surface area contributed by atoms with Crippen molar-refractivity contribution in [1.82, 2.24) is 0 Å². The van der Waals surface area contributed by atoms with Gasteiger partial charge in [-0.3, -0.25) is 4.79 Å². The third kappa shape index (κ3) is 4.72. The van der Waals surface area contributed by atoms with Crippen molar-refractivity contribution < 1.29 is 14.3 Å². The van der Waals surface area contributed by atoms with Crippen LogP contribution in [0.3, 0.4) is 0 Å². The SMILES string of the molecule is CCOC(=O)CN(CCOC)c1cc(Cl)ccc1C#N. The number of nitrogens with zero attached hydrogens (tertiary/aromatic N) is 2. The second-order valence-electron chi connectivity index (χ2n) is 3.99. The van der Waals surface area contributed by atoms with E-state index in [-0.39, 0.29) is 12.5 Å². The van der Waals surface area contributed by atoms with Crippen LogP contribution in [0.5, 0.6) is 0 Å². The molecule has 0 spiro atoms. The van der Waals surface area contributed by atoms with Gasteiger partial charge in [0.15, 0.2) is 0 Å². The molecule has 1 aromatic rings. The van der Waals surface area contributed by atoms with Gasteiger partial charge in [-0.1, -0.05) is 11.6 Å². The quantitative estimate of drug-likeness (QED) is 0.722. The number of rotatable bonds is 7. The highest BCUT2D eigenvalue weighted by Crippen LogP contribution is 2.24. The number of carbonyl (C=O) groups excluding carboxylic acids is 1. The van der Waals surface area contributed by atoms with Gasteiger partial charge in [-0.05, 0) is 25.1 Å². The molecule has 0 bridgehead atoms. The summed E-state index contributed by atoms with van der Waals surface area (Å²) in [6.07, 6.45) is 0. The lowest BCUT2D eigenvalue weighted by molar-refractivity contribution is -0.141. The standard InChI is InChI=1S/C14H17ClN2O3/c1-3-20-14(18)10-17(6-7-19-2)13-8-12(15)5-4-11(13)9-16/h4-5,8H,3,6-7,10H2,1-2H3. The minimum absolute atomic E-state index is 0.0478. The molecule has 0 aliphatic carbocycles. The number of methoxy groups -OCH3 is 1. The van der Waals surface area contributed by atoms with Gasteiger partial charge in [-0.2, -0.15) is 5.26 Å². The first kappa shape index (κ1) is 16.3. The van der Waals surface area contributed by atoms with Crippen molar-refractivity contribution in [1.29, 1.82) is 5.26 Å². The molecule has 1 aromatic carbocycles. The van der Waals surface area contributed by atoms with Crippen LogP contribution in [0, 0.1) is 11.3 Å². The molecule has 0 aliphatic heterocycles. The van der Waals surface area contributed by atoms with Gasteiger partial charge in [0.05, 0.1) is 24.5 Å². The molecule has 0 aliphatic rings. The lowest BCUT2D eigenvalue weighted by Gasteiger charge is -2.24. The fourth-order valence-electron chi connectivity index (χ4n) is 1.71. The second kappa shape index (κ2) is 8.41. The van der Waals surface area contributed by atoms with Gasteiger partial charge in [0.25, 0.3) is 0 Å². The Labute approximate surface area is 123 Å². The van der Waals surface area contributed by atoms with Crippen LogP contribution >= 0.6 is 11.6 Å². The first-order valence-electron chi connectivity index (χ1n) is 6.21. The normalized spacial score (nSPS) is 9.90. The molecule has 108 valence electrons. The Hall–Kier alpha value is -1.77. The largest absolute Gasteiger partial charge is 0.465 e. The van der Waals surface area contributed by atoms with E-state index in [0.29, 0.717) is 36.0 Å². The molecule has 0 aromatic heterocycles. The minimum Gasteiger partial charge on any atom is -0.465 e. The predicted octanol–water partition coefficient (Wildman–Crippen LogP) is 2.23. The number of halogens is 1. The highest BCUT2D eigenvalue weighted by atomic mass is 35.5. The van der Waals surface area contributed by atoms with Gasteiger partial charge in [0.2, 0.25) is 0 Å². The summed E-state index contributed by atoms with van der Waals surface area (Å²) in [5.74, 6) is -0.354. The maximum atomic E-state index is 11.7. The van der Waals surface area contributed by atoms with Gasteiger partial charge in [0.1, 0.15) is 12.6 Å². The molecule has 0 fully saturated rings. The smallest absolute Gasteiger partial charge is 0.325 e. The summed E-state index contributed by atoms with van der Waals surface area (Å²) in [5, 5.41) is 9.66. The van der Waals surface area contributed by atoms with Crippen LogP contribution in [-0.2, 0) is 14.3 Å². The Morgan fingerprint density at radius 1 is 1.50 bits per heavy atom. The Balaban J connectivity index is 3.00. The fourth-order valence-corrected chi connectivity index (χ4v) is 1.88. The van der Waals surface area contributed by atoms with E-state index in [2.05, 4.69) is 6.07 Å². The minimum atomic E-state index is -0.354. The van der Waals surface area contributed by atoms with E-state index in [9.17, 15) is 4.79 Å². The van der Waals surface area contributed by atoms with Gasteiger partial charge in [-0.25, -0.2) is 0 Å². The van der Waals surface area contributed by atoms with Crippen molar-refractivity contribution in [2.24, 2.45) is 0 Å². The number of anilines is 1. The van der Waals surface area contributed by atoms with Crippen LogP contribution in [0.1, 0.15) is 12.5 Å². The molecular weight excluding hydrogens is 280 g/mol. The van der Waals surface area contributed by atoms with E-state index in [1.807, 2.05) is 0 Å². The summed E-state index contributed by atoms with van der Waals surface area (Å²) in [6, 6.07) is 7.02. The van der Waals surface area contributed by atoms with Crippen LogP contribution in [-0.4, -0.2) is 39.4 Å². The fraction of sp³-hybridized carbons (Fsp3) is 0.429. The third-order valence-corrected chi connectivity index (χ3v) is 2.85. The van der Waals surface area contributed by atoms with Crippen molar-refractivity contribution in [2.45, 2.75) is 6.92 Å². The van der Waals surface area contributed by atoms with E-state index in [0.717, 1.165) is 0 Å². The molecule has 20 heavy (non-hydrogen) atoms. The summed E-state index contributed by atoms with van der Waals surface area (Å²) < 4.78 is 9.97. The number of nitriles is 1. The van der Waals surface area contributed by atoms with E-state index in [1.54, 1.807) is 37.1 Å². The van der Waals surface area contributed by atoms with Crippen LogP contribution in [0.15, 0.2) is 18.2 Å². The van der Waals surface area contributed by atoms with E-state index >= 15 is 0 Å². The van der Waals surface area contributed by atoms with Crippen molar-refractivity contribution >= 4 is 23.3 Å². The lowest BCUT2D eigenvalue weighted by atomic mass is 10.1. The number of benzene rings is 1. The molecule has 0 N–H and O–H groups in total. The molecule has 0 saturated carbocycles. The van der Waals surface area contributed by atoms with Gasteiger partial charge < -0.3 is 14.4 Å². The summed E-state index contributed by atoms with van der Waals surface area (Å²) in [6.45, 7) is 3.00. The highest BCUT2D eigenvalue weighted by molar-refractivity contribution is 6.30. The number of carbonyl (C=O) groups is 1. The molecular formula is C14H17ClN2O3. The van der Waals surface area contributed by atoms with Gasteiger partial charge in [0, 0.05) is 18.7 Å². The van der Waals surface area contributed by atoms with E-state index < -0.39 is 0 Å². The monoisotopic (exact) mass is 296 g/mol. The number of hydrogen-bond donors (Lipinski definition) is 0. The molecule has 0 saturated heterocycles. The van der Waals surface area contributed by atoms with E-state index in [4.69, 9.17) is 26.3 Å². The summed E-state index contributed by atoms with van der Waals surface area (Å²) in [4.78, 5) is 13.4. The maximum Gasteiger partial charge on any atom is 0.325 e. The first-order chi connectivity index (χ1) is 9.62. The Morgan fingerprint density at radius 3 is 2.85 bits per heavy atom. The average Bonchev–Trinajstić information content (AvgIpc) is 2.43. The van der Waals surface area contributed by atoms with Crippen molar-refractivity contribution in [3.05, 3.63) is 28.8 Å². The van der Waals surface area contributed by atoms with Crippen LogP contribution in [0.2, 0.25) is 5.02 Å². The zero-order chi connectivity index (χ0) is 15.0. The van der Waals surface area contributed by atoms with E-state index in [1.165, 1.54) is 0 Å². The Kier molecular flexibility index (Phi) is 6.85. The molecule has 5 nitrogen and oxygen atoms in total. The number of hydrogen-bond acceptors (Lipinski definition) is 5. The topological polar surface area (TPSA) is 62.6 Å². The van der Waals surface area contributed by atoms with Crippen LogP contribution < -0.4 is 4.90 Å². The molecule has 6 heteroatoms. The van der Waals surface area contributed by atoms with Crippen molar-refractivity contribution in [3.63, 3.8) is 0 Å². The molecule has 0 heterocycles. The third-order valence-electron chi connectivity index (χ3n) is 2.61. The molecule has 1 rings (SSSR count). The summed E-state index contributed by atoms with van der Waals surface area (Å²) >= 11 is 5.97. The Bertz CT molecular complexity index is 500. The zero-order valence-corrected chi connectivity index (χ0v) is 12.3. The first-order valence-corrected chi connectivity index (χ1v) is 6.59. The number of ether oxygens (including phenoxy) is 2. The average molecular weight is 297 g/mol. The highest BCUT2D eigenvalue weighted by Gasteiger charge is 2.16. The second-order valence-corrected chi connectivity index (χ2v) is 4.43. The predicted molar refractivity (Wildman–Crippen MR) is 76.9 cm³/mol. The molecule has 0 radical (unpaired) electrons.